The lowest BCUT2D eigenvalue weighted by Gasteiger charge is -2.07. The fraction of sp³-hybridized carbons (Fsp3) is 0.357. The first kappa shape index (κ1) is 17.6. The fourth-order valence-corrected chi connectivity index (χ4v) is 3.67. The Morgan fingerprint density at radius 1 is 1.09 bits per heavy atom. The standard InChI is InChI=1S/C14H18N2O5S2/c1-10-14(16-11(2)21-10)12-4-6-13(7-5-12)23(19,20)15-8-9-22(3,17)18/h4-7,15H,8-9H2,1-3H3. The van der Waals surface area contributed by atoms with Crippen LogP contribution in [0.2, 0.25) is 0 Å². The highest BCUT2D eigenvalue weighted by Gasteiger charge is 2.16. The summed E-state index contributed by atoms with van der Waals surface area (Å²) in [4.78, 5) is 4.31. The summed E-state index contributed by atoms with van der Waals surface area (Å²) in [6.45, 7) is 3.36. The number of sulfonamides is 1. The maximum atomic E-state index is 12.1. The molecular weight excluding hydrogens is 340 g/mol. The van der Waals surface area contributed by atoms with E-state index in [1.54, 1.807) is 26.0 Å². The largest absolute Gasteiger partial charge is 0.446 e. The number of rotatable bonds is 6. The lowest BCUT2D eigenvalue weighted by Crippen LogP contribution is -2.28. The Balaban J connectivity index is 2.17. The van der Waals surface area contributed by atoms with E-state index in [-0.39, 0.29) is 17.2 Å². The molecule has 0 saturated heterocycles. The number of oxazole rings is 1. The maximum absolute atomic E-state index is 12.1. The van der Waals surface area contributed by atoms with Crippen LogP contribution in [0.25, 0.3) is 11.3 Å². The molecule has 0 atom stereocenters. The Labute approximate surface area is 135 Å². The molecule has 0 fully saturated rings. The SMILES string of the molecule is Cc1nc(-c2ccc(S(=O)(=O)NCCS(C)(=O)=O)cc2)c(C)o1. The van der Waals surface area contributed by atoms with Crippen LogP contribution in [-0.2, 0) is 19.9 Å². The minimum atomic E-state index is -3.74. The molecular formula is C14H18N2O5S2. The first-order chi connectivity index (χ1) is 10.6. The Bertz CT molecular complexity index is 897. The Morgan fingerprint density at radius 3 is 2.17 bits per heavy atom. The molecule has 0 saturated carbocycles. The molecule has 0 amide bonds. The van der Waals surface area contributed by atoms with Crippen LogP contribution in [-0.4, -0.2) is 40.4 Å². The predicted molar refractivity (Wildman–Crippen MR) is 86.3 cm³/mol. The maximum Gasteiger partial charge on any atom is 0.240 e. The van der Waals surface area contributed by atoms with Gasteiger partial charge in [-0.25, -0.2) is 26.5 Å². The van der Waals surface area contributed by atoms with Crippen molar-refractivity contribution in [2.24, 2.45) is 0 Å². The van der Waals surface area contributed by atoms with Crippen LogP contribution in [0, 0.1) is 13.8 Å². The van der Waals surface area contributed by atoms with Crippen LogP contribution in [0.5, 0.6) is 0 Å². The first-order valence-electron chi connectivity index (χ1n) is 6.80. The molecule has 0 aliphatic rings. The van der Waals surface area contributed by atoms with Crippen molar-refractivity contribution in [1.82, 2.24) is 9.71 Å². The van der Waals surface area contributed by atoms with E-state index in [1.807, 2.05) is 0 Å². The molecule has 0 aliphatic carbocycles. The second kappa shape index (κ2) is 6.42. The van der Waals surface area contributed by atoms with E-state index in [1.165, 1.54) is 12.1 Å². The summed E-state index contributed by atoms with van der Waals surface area (Å²) >= 11 is 0. The average Bonchev–Trinajstić information content (AvgIpc) is 2.76. The van der Waals surface area contributed by atoms with Crippen molar-refractivity contribution in [2.45, 2.75) is 18.7 Å². The van der Waals surface area contributed by atoms with E-state index in [2.05, 4.69) is 9.71 Å². The van der Waals surface area contributed by atoms with Gasteiger partial charge in [0, 0.05) is 25.3 Å². The van der Waals surface area contributed by atoms with Gasteiger partial charge in [0.25, 0.3) is 0 Å². The average molecular weight is 358 g/mol. The summed E-state index contributed by atoms with van der Waals surface area (Å²) in [6.07, 6.45) is 1.05. The smallest absolute Gasteiger partial charge is 0.240 e. The molecule has 23 heavy (non-hydrogen) atoms. The van der Waals surface area contributed by atoms with Gasteiger partial charge in [-0.05, 0) is 19.1 Å². The zero-order valence-electron chi connectivity index (χ0n) is 13.0. The van der Waals surface area contributed by atoms with Gasteiger partial charge in [0.1, 0.15) is 21.3 Å². The zero-order chi connectivity index (χ0) is 17.3. The highest BCUT2D eigenvalue weighted by molar-refractivity contribution is 7.91. The molecule has 1 heterocycles. The van der Waals surface area contributed by atoms with Crippen LogP contribution < -0.4 is 4.72 Å². The van der Waals surface area contributed by atoms with Gasteiger partial charge >= 0.3 is 0 Å². The lowest BCUT2D eigenvalue weighted by atomic mass is 10.1. The molecule has 0 bridgehead atoms. The van der Waals surface area contributed by atoms with E-state index in [0.717, 1.165) is 11.8 Å². The molecule has 2 rings (SSSR count). The van der Waals surface area contributed by atoms with Crippen LogP contribution in [0.3, 0.4) is 0 Å². The molecule has 126 valence electrons. The molecule has 0 aliphatic heterocycles. The highest BCUT2D eigenvalue weighted by Crippen LogP contribution is 2.24. The highest BCUT2D eigenvalue weighted by atomic mass is 32.2. The van der Waals surface area contributed by atoms with Gasteiger partial charge in [0.15, 0.2) is 5.89 Å². The second-order valence-electron chi connectivity index (χ2n) is 5.19. The molecule has 0 spiro atoms. The molecule has 7 nitrogen and oxygen atoms in total. The predicted octanol–water partition coefficient (Wildman–Crippen LogP) is 1.28. The van der Waals surface area contributed by atoms with Crippen molar-refractivity contribution in [3.63, 3.8) is 0 Å². The van der Waals surface area contributed by atoms with Gasteiger partial charge in [-0.15, -0.1) is 0 Å². The van der Waals surface area contributed by atoms with Gasteiger partial charge in [0.2, 0.25) is 10.0 Å². The molecule has 1 aromatic heterocycles. The van der Waals surface area contributed by atoms with Crippen molar-refractivity contribution < 1.29 is 21.3 Å². The first-order valence-corrected chi connectivity index (χ1v) is 10.3. The minimum absolute atomic E-state index is 0.0626. The van der Waals surface area contributed by atoms with Crippen LogP contribution in [0.15, 0.2) is 33.6 Å². The lowest BCUT2D eigenvalue weighted by molar-refractivity contribution is 0.495. The van der Waals surface area contributed by atoms with Gasteiger partial charge in [-0.3, -0.25) is 0 Å². The van der Waals surface area contributed by atoms with Crippen molar-refractivity contribution in [1.29, 1.82) is 0 Å². The molecule has 1 N–H and O–H groups in total. The van der Waals surface area contributed by atoms with E-state index in [4.69, 9.17) is 4.42 Å². The summed E-state index contributed by atoms with van der Waals surface area (Å²) in [6, 6.07) is 6.16. The summed E-state index contributed by atoms with van der Waals surface area (Å²) in [5, 5.41) is 0. The number of hydrogen-bond donors (Lipinski definition) is 1. The van der Waals surface area contributed by atoms with Crippen LogP contribution in [0.1, 0.15) is 11.7 Å². The number of sulfone groups is 1. The van der Waals surface area contributed by atoms with Gasteiger partial charge in [0.05, 0.1) is 10.6 Å². The Kier molecular flexibility index (Phi) is 4.92. The summed E-state index contributed by atoms with van der Waals surface area (Å²) in [5.41, 5.74) is 1.41. The van der Waals surface area contributed by atoms with E-state index in [0.29, 0.717) is 17.3 Å². The van der Waals surface area contributed by atoms with E-state index >= 15 is 0 Å². The number of aromatic nitrogens is 1. The third-order valence-electron chi connectivity index (χ3n) is 3.11. The third kappa shape index (κ3) is 4.63. The summed E-state index contributed by atoms with van der Waals surface area (Å²) in [5.74, 6) is 0.947. The number of nitrogens with zero attached hydrogens (tertiary/aromatic N) is 1. The number of benzene rings is 1. The van der Waals surface area contributed by atoms with E-state index < -0.39 is 19.9 Å². The van der Waals surface area contributed by atoms with E-state index in [9.17, 15) is 16.8 Å². The van der Waals surface area contributed by atoms with Gasteiger partial charge in [-0.1, -0.05) is 12.1 Å². The Hall–Kier alpha value is -1.71. The fourth-order valence-electron chi connectivity index (χ4n) is 2.03. The number of aryl methyl sites for hydroxylation is 2. The van der Waals surface area contributed by atoms with Crippen LogP contribution >= 0.6 is 0 Å². The van der Waals surface area contributed by atoms with Crippen molar-refractivity contribution >= 4 is 19.9 Å². The number of hydrogen-bond acceptors (Lipinski definition) is 6. The van der Waals surface area contributed by atoms with Gasteiger partial charge < -0.3 is 4.42 Å². The molecule has 0 unspecified atom stereocenters. The van der Waals surface area contributed by atoms with Crippen molar-refractivity contribution in [3.8, 4) is 11.3 Å². The van der Waals surface area contributed by atoms with Gasteiger partial charge in [-0.2, -0.15) is 0 Å². The monoisotopic (exact) mass is 358 g/mol. The quantitative estimate of drug-likeness (QED) is 0.834. The molecule has 2 aromatic rings. The normalized spacial score (nSPS) is 12.5. The van der Waals surface area contributed by atoms with Crippen molar-refractivity contribution in [3.05, 3.63) is 35.9 Å². The summed E-state index contributed by atoms with van der Waals surface area (Å²) in [7, 11) is -6.96. The minimum Gasteiger partial charge on any atom is -0.446 e. The zero-order valence-corrected chi connectivity index (χ0v) is 14.7. The molecule has 0 radical (unpaired) electrons. The third-order valence-corrected chi connectivity index (χ3v) is 5.53. The molecule has 1 aromatic carbocycles. The summed E-state index contributed by atoms with van der Waals surface area (Å²) < 4.78 is 53.9. The number of nitrogens with one attached hydrogen (secondary N) is 1. The topological polar surface area (TPSA) is 106 Å². The van der Waals surface area contributed by atoms with Crippen LogP contribution in [0.4, 0.5) is 0 Å². The van der Waals surface area contributed by atoms with Crippen molar-refractivity contribution in [2.75, 3.05) is 18.6 Å². The second-order valence-corrected chi connectivity index (χ2v) is 9.22. The molecule has 9 heteroatoms. The Morgan fingerprint density at radius 2 is 1.70 bits per heavy atom.